The summed E-state index contributed by atoms with van der Waals surface area (Å²) in [7, 11) is 1.46. The van der Waals surface area contributed by atoms with E-state index in [1.165, 1.54) is 14.0 Å². The Kier molecular flexibility index (Phi) is 16.0. The summed E-state index contributed by atoms with van der Waals surface area (Å²) in [4.78, 5) is 53.9. The summed E-state index contributed by atoms with van der Waals surface area (Å²) in [6.07, 6.45) is 2.07. The SMILES string of the molecule is CCCCONC(C)=O.COCC(NC(=O)CNC(=O)CN1CCOCC1)C(=O)NCc1cccc2ccccc12. The predicted octanol–water partition coefficient (Wildman–Crippen LogP) is 0.890. The van der Waals surface area contributed by atoms with Crippen LogP contribution in [0.2, 0.25) is 0 Å². The van der Waals surface area contributed by atoms with E-state index < -0.39 is 11.9 Å². The number of unbranched alkanes of at least 4 members (excludes halogenated alkanes) is 1. The molecule has 12 nitrogen and oxygen atoms in total. The molecule has 0 bridgehead atoms. The van der Waals surface area contributed by atoms with E-state index in [1.54, 1.807) is 0 Å². The van der Waals surface area contributed by atoms with E-state index in [0.29, 0.717) is 39.5 Å². The van der Waals surface area contributed by atoms with Gasteiger partial charge >= 0.3 is 0 Å². The number of carbonyl (C=O) groups is 4. The number of amides is 4. The molecule has 4 amide bonds. The molecule has 1 aliphatic heterocycles. The van der Waals surface area contributed by atoms with Crippen molar-refractivity contribution >= 4 is 34.4 Å². The van der Waals surface area contributed by atoms with Crippen molar-refractivity contribution in [1.29, 1.82) is 0 Å². The topological polar surface area (TPSA) is 147 Å². The van der Waals surface area contributed by atoms with Gasteiger partial charge in [-0.3, -0.25) is 28.9 Å². The van der Waals surface area contributed by atoms with Crippen LogP contribution in [0.4, 0.5) is 0 Å². The molecule has 1 atom stereocenters. The highest BCUT2D eigenvalue weighted by Crippen LogP contribution is 2.18. The number of morpholine rings is 1. The van der Waals surface area contributed by atoms with Gasteiger partial charge in [-0.15, -0.1) is 0 Å². The molecular formula is C29H43N5O7. The third kappa shape index (κ3) is 13.6. The van der Waals surface area contributed by atoms with Crippen LogP contribution in [0.1, 0.15) is 32.3 Å². The highest BCUT2D eigenvalue weighted by molar-refractivity contribution is 5.91. The number of methoxy groups -OCH3 is 1. The van der Waals surface area contributed by atoms with Crippen molar-refractivity contribution in [3.63, 3.8) is 0 Å². The molecule has 0 aliphatic carbocycles. The van der Waals surface area contributed by atoms with Crippen LogP contribution < -0.4 is 21.4 Å². The lowest BCUT2D eigenvalue weighted by atomic mass is 10.0. The Morgan fingerprint density at radius 3 is 2.44 bits per heavy atom. The summed E-state index contributed by atoms with van der Waals surface area (Å²) in [6.45, 7) is 7.02. The van der Waals surface area contributed by atoms with Crippen LogP contribution in [0, 0.1) is 0 Å². The number of rotatable bonds is 14. The second-order valence-corrected chi connectivity index (χ2v) is 9.46. The van der Waals surface area contributed by atoms with Crippen molar-refractivity contribution in [2.45, 2.75) is 39.3 Å². The van der Waals surface area contributed by atoms with E-state index in [2.05, 4.69) is 28.4 Å². The Morgan fingerprint density at radius 1 is 1.00 bits per heavy atom. The normalized spacial score (nSPS) is 13.8. The van der Waals surface area contributed by atoms with Crippen molar-refractivity contribution in [3.05, 3.63) is 48.0 Å². The molecule has 1 unspecified atom stereocenters. The van der Waals surface area contributed by atoms with E-state index in [1.807, 2.05) is 47.4 Å². The second kappa shape index (κ2) is 19.5. The molecule has 4 N–H and O–H groups in total. The molecule has 226 valence electrons. The maximum Gasteiger partial charge on any atom is 0.245 e. The largest absolute Gasteiger partial charge is 0.382 e. The first-order chi connectivity index (χ1) is 19.8. The zero-order valence-electron chi connectivity index (χ0n) is 24.2. The van der Waals surface area contributed by atoms with Gasteiger partial charge in [-0.05, 0) is 22.8 Å². The lowest BCUT2D eigenvalue weighted by Crippen LogP contribution is -2.52. The molecule has 0 aromatic heterocycles. The molecule has 1 fully saturated rings. The third-order valence-electron chi connectivity index (χ3n) is 6.05. The number of hydrogen-bond donors (Lipinski definition) is 4. The minimum atomic E-state index is -0.862. The summed E-state index contributed by atoms with van der Waals surface area (Å²) in [5, 5.41) is 10.2. The molecule has 1 aliphatic rings. The number of carbonyl (C=O) groups excluding carboxylic acids is 4. The van der Waals surface area contributed by atoms with E-state index in [4.69, 9.17) is 14.3 Å². The van der Waals surface area contributed by atoms with Gasteiger partial charge in [-0.25, -0.2) is 5.48 Å². The fourth-order valence-electron chi connectivity index (χ4n) is 3.91. The van der Waals surface area contributed by atoms with Crippen LogP contribution in [0.3, 0.4) is 0 Å². The second-order valence-electron chi connectivity index (χ2n) is 9.46. The lowest BCUT2D eigenvalue weighted by Gasteiger charge is -2.25. The molecule has 41 heavy (non-hydrogen) atoms. The Balaban J connectivity index is 0.000000564. The zero-order valence-corrected chi connectivity index (χ0v) is 24.2. The molecule has 2 aromatic rings. The Bertz CT molecular complexity index is 1100. The molecule has 12 heteroatoms. The maximum atomic E-state index is 12.7. The summed E-state index contributed by atoms with van der Waals surface area (Å²) >= 11 is 0. The molecule has 1 saturated heterocycles. The van der Waals surface area contributed by atoms with E-state index in [-0.39, 0.29) is 37.4 Å². The Morgan fingerprint density at radius 2 is 1.73 bits per heavy atom. The van der Waals surface area contributed by atoms with Gasteiger partial charge < -0.3 is 25.4 Å². The smallest absolute Gasteiger partial charge is 0.245 e. The van der Waals surface area contributed by atoms with Crippen LogP contribution in [0.15, 0.2) is 42.5 Å². The zero-order chi connectivity index (χ0) is 29.9. The quantitative estimate of drug-likeness (QED) is 0.193. The van der Waals surface area contributed by atoms with Crippen LogP contribution in [-0.4, -0.2) is 94.3 Å². The highest BCUT2D eigenvalue weighted by Gasteiger charge is 2.21. The number of fused-ring (bicyclic) bond motifs is 1. The van der Waals surface area contributed by atoms with E-state index in [0.717, 1.165) is 29.2 Å². The average molecular weight is 574 g/mol. The van der Waals surface area contributed by atoms with Gasteiger partial charge in [-0.1, -0.05) is 55.8 Å². The van der Waals surface area contributed by atoms with Crippen molar-refractivity contribution in [1.82, 2.24) is 26.3 Å². The first-order valence-electron chi connectivity index (χ1n) is 13.8. The Hall–Kier alpha value is -3.58. The molecule has 0 radical (unpaired) electrons. The van der Waals surface area contributed by atoms with Crippen LogP contribution in [0.25, 0.3) is 10.8 Å². The van der Waals surface area contributed by atoms with Crippen LogP contribution in [-0.2, 0) is 40.0 Å². The average Bonchev–Trinajstić information content (AvgIpc) is 2.97. The van der Waals surface area contributed by atoms with Gasteiger partial charge in [0.05, 0.1) is 39.5 Å². The molecule has 3 rings (SSSR count). The first-order valence-corrected chi connectivity index (χ1v) is 13.8. The fraction of sp³-hybridized carbons (Fsp3) is 0.517. The highest BCUT2D eigenvalue weighted by atomic mass is 16.6. The minimum absolute atomic E-state index is 0.0227. The summed E-state index contributed by atoms with van der Waals surface area (Å²) < 4.78 is 10.3. The Labute approximate surface area is 241 Å². The van der Waals surface area contributed by atoms with Gasteiger partial charge in [0.15, 0.2) is 0 Å². The standard InChI is InChI=1S/C23H30N4O5.C6H13NO2/c1-31-16-20(26-21(28)14-24-22(29)15-27-9-11-32-12-10-27)23(30)25-13-18-7-4-6-17-5-2-3-8-19(17)18;1-3-4-5-9-7-6(2)8/h2-8,20H,9-16H2,1H3,(H,24,29)(H,25,30)(H,26,28);3-5H2,1-2H3,(H,7,8). The van der Waals surface area contributed by atoms with Crippen molar-refractivity contribution in [2.24, 2.45) is 0 Å². The summed E-state index contributed by atoms with van der Waals surface area (Å²) in [5.74, 6) is -1.20. The number of nitrogens with zero attached hydrogens (tertiary/aromatic N) is 1. The molecule has 0 spiro atoms. The third-order valence-corrected chi connectivity index (χ3v) is 6.05. The van der Waals surface area contributed by atoms with Crippen molar-refractivity contribution in [2.75, 3.05) is 59.7 Å². The monoisotopic (exact) mass is 573 g/mol. The van der Waals surface area contributed by atoms with Crippen LogP contribution in [0.5, 0.6) is 0 Å². The van der Waals surface area contributed by atoms with Crippen molar-refractivity contribution < 1.29 is 33.5 Å². The van der Waals surface area contributed by atoms with Gasteiger partial charge in [0.2, 0.25) is 23.6 Å². The van der Waals surface area contributed by atoms with Gasteiger partial charge in [0, 0.05) is 33.7 Å². The van der Waals surface area contributed by atoms with Gasteiger partial charge in [-0.2, -0.15) is 0 Å². The number of benzene rings is 2. The number of nitrogens with one attached hydrogen (secondary N) is 4. The molecular weight excluding hydrogens is 530 g/mol. The van der Waals surface area contributed by atoms with Gasteiger partial charge in [0.1, 0.15) is 6.04 Å². The van der Waals surface area contributed by atoms with Gasteiger partial charge in [0.25, 0.3) is 0 Å². The number of ether oxygens (including phenoxy) is 2. The van der Waals surface area contributed by atoms with Crippen LogP contribution >= 0.6 is 0 Å². The molecule has 0 saturated carbocycles. The summed E-state index contributed by atoms with van der Waals surface area (Å²) in [5.41, 5.74) is 3.22. The molecule has 1 heterocycles. The fourth-order valence-corrected chi connectivity index (χ4v) is 3.91. The number of hydrogen-bond acceptors (Lipinski definition) is 8. The lowest BCUT2D eigenvalue weighted by molar-refractivity contribution is -0.131. The van der Waals surface area contributed by atoms with E-state index in [9.17, 15) is 19.2 Å². The predicted molar refractivity (Wildman–Crippen MR) is 155 cm³/mol. The first kappa shape index (κ1) is 33.6. The maximum absolute atomic E-state index is 12.7. The molecule has 2 aromatic carbocycles. The van der Waals surface area contributed by atoms with Crippen molar-refractivity contribution in [3.8, 4) is 0 Å². The van der Waals surface area contributed by atoms with E-state index >= 15 is 0 Å². The minimum Gasteiger partial charge on any atom is -0.382 e. The summed E-state index contributed by atoms with van der Waals surface area (Å²) in [6, 6.07) is 13.0. The number of hydroxylamine groups is 1.